The van der Waals surface area contributed by atoms with E-state index in [9.17, 15) is 0 Å². The molecule has 298 valence electrons. The maximum absolute atomic E-state index is 7.97. The number of aromatic nitrogens is 5. The van der Waals surface area contributed by atoms with Gasteiger partial charge in [0.25, 0.3) is 0 Å². The third-order valence-electron chi connectivity index (χ3n) is 12.2. The zero-order valence-electron chi connectivity index (χ0n) is 34.5. The van der Waals surface area contributed by atoms with Gasteiger partial charge in [-0.1, -0.05) is 152 Å². The highest BCUT2D eigenvalue weighted by Gasteiger charge is 2.21. The predicted octanol–water partition coefficient (Wildman–Crippen LogP) is 15.0. The number of rotatable bonds is 7. The Morgan fingerprint density at radius 3 is 1.41 bits per heavy atom. The number of fused-ring (bicyclic) bond motifs is 6. The van der Waals surface area contributed by atoms with Gasteiger partial charge in [-0.15, -0.1) is 0 Å². The topological polar surface area (TPSA) is 52.9 Å². The summed E-state index contributed by atoms with van der Waals surface area (Å²) in [7, 11) is 0. The molecule has 0 spiro atoms. The number of benzene rings is 7. The molecule has 0 N–H and O–H groups in total. The lowest BCUT2D eigenvalue weighted by atomic mass is 10.0. The highest BCUT2D eigenvalue weighted by molar-refractivity contribution is 6.12. The molecule has 6 heteroatoms. The Balaban J connectivity index is 1.08. The number of hydrogen-bond acceptors (Lipinski definition) is 3. The van der Waals surface area contributed by atoms with Crippen molar-refractivity contribution in [3.63, 3.8) is 0 Å². The minimum Gasteiger partial charge on any atom is -0.307 e. The first-order chi connectivity index (χ1) is 31.7. The summed E-state index contributed by atoms with van der Waals surface area (Å²) in [6.45, 7) is 7.97. The minimum absolute atomic E-state index is 0.572. The van der Waals surface area contributed by atoms with Gasteiger partial charge >= 0.3 is 0 Å². The molecule has 0 fully saturated rings. The summed E-state index contributed by atoms with van der Waals surface area (Å²) in [5.74, 6) is 0.768. The van der Waals surface area contributed by atoms with Gasteiger partial charge in [-0.25, -0.2) is 19.8 Å². The summed E-state index contributed by atoms with van der Waals surface area (Å²) in [6.07, 6.45) is 2.00. The summed E-state index contributed by atoms with van der Waals surface area (Å²) >= 11 is 0. The van der Waals surface area contributed by atoms with Crippen molar-refractivity contribution in [2.75, 3.05) is 0 Å². The van der Waals surface area contributed by atoms with E-state index in [1.807, 2.05) is 60.8 Å². The molecular weight excluding hydrogens is 781 g/mol. The van der Waals surface area contributed by atoms with Crippen LogP contribution in [-0.2, 0) is 0 Å². The first-order valence-corrected chi connectivity index (χ1v) is 21.3. The molecule has 12 rings (SSSR count). The van der Waals surface area contributed by atoms with Gasteiger partial charge in [-0.3, -0.25) is 4.57 Å². The van der Waals surface area contributed by atoms with Crippen LogP contribution in [0.5, 0.6) is 0 Å². The average molecular weight is 817 g/mol. The Morgan fingerprint density at radius 1 is 0.359 bits per heavy atom. The standard InChI is InChI=1S/C58H36N6/c1-59-43-20-12-19-40(33-43)48-36-58(64-54-28-11-9-22-45(54)47-32-30-42(35-56(47)64)52-26-14-24-50(62-52)39-17-6-3-7-18-39)60-37-57(48)63-53-27-10-8-21-44(53)46-31-29-41(34-55(46)63)51-25-13-23-49(61-51)38-15-4-2-5-16-38/h2-37H. The number of nitrogens with zero attached hydrogens (tertiary/aromatic N) is 6. The second-order valence-corrected chi connectivity index (χ2v) is 15.9. The molecule has 0 bridgehead atoms. The molecule has 0 unspecified atom stereocenters. The van der Waals surface area contributed by atoms with Crippen LogP contribution in [0.25, 0.3) is 116 Å². The van der Waals surface area contributed by atoms with Crippen molar-refractivity contribution in [2.24, 2.45) is 0 Å². The molecule has 0 amide bonds. The molecular formula is C58H36N6. The summed E-state index contributed by atoms with van der Waals surface area (Å²) in [5.41, 5.74) is 15.3. The highest BCUT2D eigenvalue weighted by atomic mass is 15.1. The summed E-state index contributed by atoms with van der Waals surface area (Å²) < 4.78 is 4.58. The van der Waals surface area contributed by atoms with E-state index in [-0.39, 0.29) is 0 Å². The number of hydrogen-bond donors (Lipinski definition) is 0. The summed E-state index contributed by atoms with van der Waals surface area (Å²) in [6, 6.07) is 73.3. The first kappa shape index (κ1) is 36.9. The molecule has 0 aliphatic rings. The SMILES string of the molecule is [C-]#[N+]c1cccc(-c2cc(-n3c4ccccc4c4ccc(-c5cccc(-c6ccccc6)n5)cc43)ncc2-n2c3ccccc3c3ccc(-c4cccc(-c5ccccc5)n4)cc32)c1. The van der Waals surface area contributed by atoms with Crippen molar-refractivity contribution < 1.29 is 0 Å². The number of para-hydroxylation sites is 2. The first-order valence-electron chi connectivity index (χ1n) is 21.3. The Hall–Kier alpha value is -8.92. The van der Waals surface area contributed by atoms with Crippen LogP contribution in [0.1, 0.15) is 0 Å². The smallest absolute Gasteiger partial charge is 0.187 e. The molecule has 12 aromatic rings. The van der Waals surface area contributed by atoms with Crippen molar-refractivity contribution in [1.29, 1.82) is 0 Å². The van der Waals surface area contributed by atoms with Crippen LogP contribution < -0.4 is 0 Å². The van der Waals surface area contributed by atoms with Crippen molar-refractivity contribution in [2.45, 2.75) is 0 Å². The number of pyridine rings is 3. The Morgan fingerprint density at radius 2 is 0.828 bits per heavy atom. The van der Waals surface area contributed by atoms with E-state index in [0.29, 0.717) is 5.69 Å². The van der Waals surface area contributed by atoms with Crippen molar-refractivity contribution in [3.05, 3.63) is 230 Å². The molecule has 5 aromatic heterocycles. The monoisotopic (exact) mass is 816 g/mol. The Bertz CT molecular complexity index is 3800. The van der Waals surface area contributed by atoms with Gasteiger partial charge in [-0.2, -0.15) is 0 Å². The fraction of sp³-hybridized carbons (Fsp3) is 0. The Labute approximate surface area is 369 Å². The van der Waals surface area contributed by atoms with Crippen LogP contribution in [0.4, 0.5) is 5.69 Å². The molecule has 0 aliphatic heterocycles. The Kier molecular flexibility index (Phi) is 8.77. The molecule has 0 atom stereocenters. The van der Waals surface area contributed by atoms with Crippen LogP contribution in [0.2, 0.25) is 0 Å². The molecule has 64 heavy (non-hydrogen) atoms. The van der Waals surface area contributed by atoms with Crippen LogP contribution in [0, 0.1) is 6.57 Å². The van der Waals surface area contributed by atoms with Gasteiger partial charge in [0, 0.05) is 49.4 Å². The van der Waals surface area contributed by atoms with Crippen molar-refractivity contribution in [1.82, 2.24) is 24.1 Å². The van der Waals surface area contributed by atoms with Crippen LogP contribution in [-0.4, -0.2) is 24.1 Å². The maximum Gasteiger partial charge on any atom is 0.187 e. The van der Waals surface area contributed by atoms with E-state index in [4.69, 9.17) is 21.5 Å². The lowest BCUT2D eigenvalue weighted by Crippen LogP contribution is -2.03. The highest BCUT2D eigenvalue weighted by Crippen LogP contribution is 2.41. The molecule has 0 aliphatic carbocycles. The second-order valence-electron chi connectivity index (χ2n) is 15.9. The van der Waals surface area contributed by atoms with Gasteiger partial charge in [0.1, 0.15) is 5.82 Å². The second kappa shape index (κ2) is 15.2. The van der Waals surface area contributed by atoms with Crippen LogP contribution in [0.3, 0.4) is 0 Å². The molecule has 7 aromatic carbocycles. The maximum atomic E-state index is 7.97. The van der Waals surface area contributed by atoms with Gasteiger partial charge in [-0.05, 0) is 66.2 Å². The van der Waals surface area contributed by atoms with Crippen LogP contribution in [0.15, 0.2) is 219 Å². The van der Waals surface area contributed by atoms with Crippen molar-refractivity contribution >= 4 is 49.3 Å². The van der Waals surface area contributed by atoms with Crippen LogP contribution >= 0.6 is 0 Å². The third-order valence-corrected chi connectivity index (χ3v) is 12.2. The lowest BCUT2D eigenvalue weighted by Gasteiger charge is -2.17. The zero-order chi connectivity index (χ0) is 42.6. The van der Waals surface area contributed by atoms with E-state index >= 15 is 0 Å². The summed E-state index contributed by atoms with van der Waals surface area (Å²) in [4.78, 5) is 19.5. The van der Waals surface area contributed by atoms with E-state index < -0.39 is 0 Å². The van der Waals surface area contributed by atoms with E-state index in [1.165, 1.54) is 0 Å². The van der Waals surface area contributed by atoms with E-state index in [1.54, 1.807) is 0 Å². The molecule has 5 heterocycles. The van der Waals surface area contributed by atoms with Gasteiger partial charge in [0.2, 0.25) is 0 Å². The largest absolute Gasteiger partial charge is 0.307 e. The fourth-order valence-corrected chi connectivity index (χ4v) is 9.21. The summed E-state index contributed by atoms with van der Waals surface area (Å²) in [5, 5.41) is 4.53. The molecule has 0 saturated carbocycles. The molecule has 6 nitrogen and oxygen atoms in total. The average Bonchev–Trinajstić information content (AvgIpc) is 3.89. The van der Waals surface area contributed by atoms with Gasteiger partial charge in [0.15, 0.2) is 5.69 Å². The van der Waals surface area contributed by atoms with E-state index in [0.717, 1.165) is 111 Å². The van der Waals surface area contributed by atoms with E-state index in [2.05, 4.69) is 172 Å². The normalized spacial score (nSPS) is 11.4. The van der Waals surface area contributed by atoms with Crippen molar-refractivity contribution in [3.8, 4) is 67.7 Å². The minimum atomic E-state index is 0.572. The molecule has 0 saturated heterocycles. The molecule has 0 radical (unpaired) electrons. The zero-order valence-corrected chi connectivity index (χ0v) is 34.5. The van der Waals surface area contributed by atoms with Gasteiger partial charge in [0.05, 0.1) is 63.3 Å². The fourth-order valence-electron chi connectivity index (χ4n) is 9.21. The quantitative estimate of drug-likeness (QED) is 0.151. The lowest BCUT2D eigenvalue weighted by molar-refractivity contribution is 1.06. The third kappa shape index (κ3) is 6.22. The predicted molar refractivity (Wildman–Crippen MR) is 262 cm³/mol. The van der Waals surface area contributed by atoms with Gasteiger partial charge < -0.3 is 4.57 Å².